The summed E-state index contributed by atoms with van der Waals surface area (Å²) in [6.45, 7) is 0. The van der Waals surface area contributed by atoms with Gasteiger partial charge in [-0.1, -0.05) is 83.3 Å². The number of carbonyl (C=O) groups is 2. The van der Waals surface area contributed by atoms with Gasteiger partial charge in [0.15, 0.2) is 0 Å². The maximum atomic E-state index is 12.2. The number of aliphatic hydroxyl groups is 2. The first kappa shape index (κ1) is 28.4. The molecule has 2 amide bonds. The van der Waals surface area contributed by atoms with Gasteiger partial charge in [0.1, 0.15) is 10.0 Å². The summed E-state index contributed by atoms with van der Waals surface area (Å²) in [4.78, 5) is 24.5. The molecule has 0 bridgehead atoms. The lowest BCUT2D eigenvalue weighted by Gasteiger charge is -2.10. The van der Waals surface area contributed by atoms with Crippen molar-refractivity contribution in [3.8, 4) is 0 Å². The fourth-order valence-electron chi connectivity index (χ4n) is 3.79. The van der Waals surface area contributed by atoms with Crippen molar-refractivity contribution in [2.45, 2.75) is 57.2 Å². The second-order valence-corrected chi connectivity index (χ2v) is 11.0. The fraction of sp³-hybridized carbons (Fsp3) is 0.333. The third kappa shape index (κ3) is 9.29. The van der Waals surface area contributed by atoms with Crippen molar-refractivity contribution in [3.05, 3.63) is 81.8 Å². The van der Waals surface area contributed by atoms with Crippen LogP contribution in [0.3, 0.4) is 0 Å². The van der Waals surface area contributed by atoms with E-state index >= 15 is 0 Å². The Bertz CT molecular complexity index is 1330. The SMILES string of the molecule is O=C(CC[C@@H](O)c1ccccc1)Nc1nnc(CCCCc2nnc(NC(=O)C[C@H](O)c3ccccc3)s2)s1. The molecule has 2 atom stereocenters. The maximum Gasteiger partial charge on any atom is 0.229 e. The Balaban J connectivity index is 1.12. The normalized spacial score (nSPS) is 12.6. The Kier molecular flexibility index (Phi) is 10.6. The van der Waals surface area contributed by atoms with Crippen LogP contribution in [0.2, 0.25) is 0 Å². The van der Waals surface area contributed by atoms with Crippen molar-refractivity contribution in [2.24, 2.45) is 0 Å². The molecule has 0 saturated carbocycles. The summed E-state index contributed by atoms with van der Waals surface area (Å²) >= 11 is 2.66. The molecule has 4 rings (SSSR count). The molecule has 2 heterocycles. The molecule has 0 fully saturated rings. The van der Waals surface area contributed by atoms with E-state index in [9.17, 15) is 19.8 Å². The van der Waals surface area contributed by atoms with Crippen molar-refractivity contribution in [1.82, 2.24) is 20.4 Å². The standard InChI is InChI=1S/C27H30N6O4S2/c34-20(18-9-3-1-4-10-18)15-16-22(36)28-26-32-30-24(38-26)13-7-8-14-25-31-33-27(39-25)29-23(37)17-21(35)19-11-5-2-6-12-19/h1-6,9-12,20-21,34-35H,7-8,13-17H2,(H,28,32,36)(H,29,33,37)/t20-,21+/m1/s1. The van der Waals surface area contributed by atoms with Crippen LogP contribution in [0, 0.1) is 0 Å². The van der Waals surface area contributed by atoms with Crippen LogP contribution in [-0.4, -0.2) is 42.4 Å². The van der Waals surface area contributed by atoms with Crippen LogP contribution < -0.4 is 10.6 Å². The number of carbonyl (C=O) groups excluding carboxylic acids is 2. The summed E-state index contributed by atoms with van der Waals surface area (Å²) in [5.74, 6) is -0.526. The van der Waals surface area contributed by atoms with Crippen LogP contribution in [0.25, 0.3) is 0 Å². The van der Waals surface area contributed by atoms with E-state index in [4.69, 9.17) is 0 Å². The molecule has 12 heteroatoms. The van der Waals surface area contributed by atoms with Gasteiger partial charge in [-0.15, -0.1) is 20.4 Å². The first-order valence-corrected chi connectivity index (χ1v) is 14.3. The topological polar surface area (TPSA) is 150 Å². The van der Waals surface area contributed by atoms with E-state index in [1.54, 1.807) is 12.1 Å². The second kappa shape index (κ2) is 14.5. The highest BCUT2D eigenvalue weighted by atomic mass is 32.1. The number of aryl methyl sites for hydroxylation is 2. The van der Waals surface area contributed by atoms with Gasteiger partial charge in [0.25, 0.3) is 0 Å². The van der Waals surface area contributed by atoms with Gasteiger partial charge in [-0.3, -0.25) is 9.59 Å². The molecule has 0 spiro atoms. The predicted octanol–water partition coefficient (Wildman–Crippen LogP) is 4.47. The number of amides is 2. The lowest BCUT2D eigenvalue weighted by Crippen LogP contribution is -2.15. The van der Waals surface area contributed by atoms with Crippen molar-refractivity contribution in [1.29, 1.82) is 0 Å². The Hall–Kier alpha value is -3.58. The zero-order valence-electron chi connectivity index (χ0n) is 21.2. The Labute approximate surface area is 234 Å². The Morgan fingerprint density at radius 3 is 1.72 bits per heavy atom. The molecule has 4 N–H and O–H groups in total. The van der Waals surface area contributed by atoms with Crippen molar-refractivity contribution >= 4 is 44.8 Å². The van der Waals surface area contributed by atoms with Gasteiger partial charge < -0.3 is 20.8 Å². The lowest BCUT2D eigenvalue weighted by atomic mass is 10.1. The third-order valence-corrected chi connectivity index (χ3v) is 7.65. The van der Waals surface area contributed by atoms with Crippen LogP contribution in [0.15, 0.2) is 60.7 Å². The average Bonchev–Trinajstić information content (AvgIpc) is 3.59. The van der Waals surface area contributed by atoms with E-state index < -0.39 is 12.2 Å². The molecule has 2 aromatic carbocycles. The quantitative estimate of drug-likeness (QED) is 0.163. The lowest BCUT2D eigenvalue weighted by molar-refractivity contribution is -0.118. The van der Waals surface area contributed by atoms with Crippen molar-refractivity contribution < 1.29 is 19.8 Å². The molecule has 204 valence electrons. The number of benzene rings is 2. The van der Waals surface area contributed by atoms with Gasteiger partial charge in [0.2, 0.25) is 22.1 Å². The molecule has 0 aliphatic carbocycles. The molecule has 10 nitrogen and oxygen atoms in total. The minimum atomic E-state index is -0.875. The largest absolute Gasteiger partial charge is 0.388 e. The second-order valence-electron chi connectivity index (χ2n) is 8.90. The number of aromatic nitrogens is 4. The summed E-state index contributed by atoms with van der Waals surface area (Å²) in [5, 5.41) is 44.7. The fourth-order valence-corrected chi connectivity index (χ4v) is 5.39. The average molecular weight is 567 g/mol. The first-order chi connectivity index (χ1) is 19.0. The summed E-state index contributed by atoms with van der Waals surface area (Å²) in [6, 6.07) is 18.3. The summed E-state index contributed by atoms with van der Waals surface area (Å²) in [7, 11) is 0. The molecule has 4 aromatic rings. The zero-order valence-corrected chi connectivity index (χ0v) is 22.8. The summed E-state index contributed by atoms with van der Waals surface area (Å²) in [5.41, 5.74) is 1.48. The summed E-state index contributed by atoms with van der Waals surface area (Å²) in [6.07, 6.45) is 2.04. The van der Waals surface area contributed by atoms with E-state index in [0.29, 0.717) is 28.7 Å². The van der Waals surface area contributed by atoms with Crippen LogP contribution in [-0.2, 0) is 22.4 Å². The highest BCUT2D eigenvalue weighted by molar-refractivity contribution is 7.15. The smallest absolute Gasteiger partial charge is 0.229 e. The van der Waals surface area contributed by atoms with Gasteiger partial charge >= 0.3 is 0 Å². The molecular formula is C27H30N6O4S2. The molecule has 2 aromatic heterocycles. The van der Waals surface area contributed by atoms with Gasteiger partial charge in [0, 0.05) is 19.3 Å². The van der Waals surface area contributed by atoms with Crippen LogP contribution in [0.1, 0.15) is 65.5 Å². The first-order valence-electron chi connectivity index (χ1n) is 12.7. The highest BCUT2D eigenvalue weighted by Gasteiger charge is 2.15. The Morgan fingerprint density at radius 1 is 0.692 bits per heavy atom. The number of hydrogen-bond acceptors (Lipinski definition) is 10. The molecule has 39 heavy (non-hydrogen) atoms. The van der Waals surface area contributed by atoms with Crippen LogP contribution in [0.4, 0.5) is 10.3 Å². The van der Waals surface area contributed by atoms with E-state index in [2.05, 4.69) is 31.0 Å². The van der Waals surface area contributed by atoms with Crippen LogP contribution in [0.5, 0.6) is 0 Å². The minimum absolute atomic E-state index is 0.0567. The third-order valence-electron chi connectivity index (χ3n) is 5.85. The molecule has 0 aliphatic rings. The van der Waals surface area contributed by atoms with E-state index in [0.717, 1.165) is 34.8 Å². The summed E-state index contributed by atoms with van der Waals surface area (Å²) < 4.78 is 0. The number of unbranched alkanes of at least 4 members (excludes halogenated alkanes) is 1. The molecule has 0 aliphatic heterocycles. The maximum absolute atomic E-state index is 12.2. The number of rotatable bonds is 14. The Morgan fingerprint density at radius 2 is 1.18 bits per heavy atom. The number of nitrogens with one attached hydrogen (secondary N) is 2. The monoisotopic (exact) mass is 566 g/mol. The molecular weight excluding hydrogens is 536 g/mol. The van der Waals surface area contributed by atoms with Gasteiger partial charge in [0.05, 0.1) is 18.6 Å². The molecule has 0 saturated heterocycles. The van der Waals surface area contributed by atoms with Crippen molar-refractivity contribution in [2.75, 3.05) is 10.6 Å². The van der Waals surface area contributed by atoms with E-state index in [1.165, 1.54) is 22.7 Å². The number of aliphatic hydroxyl groups excluding tert-OH is 2. The molecule has 0 radical (unpaired) electrons. The number of nitrogens with zero attached hydrogens (tertiary/aromatic N) is 4. The number of hydrogen-bond donors (Lipinski definition) is 4. The van der Waals surface area contributed by atoms with Gasteiger partial charge in [-0.2, -0.15) is 0 Å². The molecule has 0 unspecified atom stereocenters. The number of anilines is 2. The van der Waals surface area contributed by atoms with Gasteiger partial charge in [-0.25, -0.2) is 0 Å². The zero-order chi connectivity index (χ0) is 27.5. The van der Waals surface area contributed by atoms with Gasteiger partial charge in [-0.05, 0) is 30.4 Å². The van der Waals surface area contributed by atoms with Crippen molar-refractivity contribution in [3.63, 3.8) is 0 Å². The highest BCUT2D eigenvalue weighted by Crippen LogP contribution is 2.23. The van der Waals surface area contributed by atoms with Crippen LogP contribution >= 0.6 is 22.7 Å². The van der Waals surface area contributed by atoms with E-state index in [1.807, 2.05) is 48.5 Å². The van der Waals surface area contributed by atoms with E-state index in [-0.39, 0.29) is 24.7 Å². The minimum Gasteiger partial charge on any atom is -0.388 e. The predicted molar refractivity (Wildman–Crippen MR) is 150 cm³/mol.